The molecule has 3 aromatic rings. The summed E-state index contributed by atoms with van der Waals surface area (Å²) in [7, 11) is -3.28. The van der Waals surface area contributed by atoms with E-state index < -0.39 is 27.0 Å². The van der Waals surface area contributed by atoms with Crippen molar-refractivity contribution in [3.8, 4) is 0 Å². The van der Waals surface area contributed by atoms with Gasteiger partial charge in [-0.1, -0.05) is 43.5 Å². The number of rotatable bonds is 8. The summed E-state index contributed by atoms with van der Waals surface area (Å²) < 4.78 is 27.8. The van der Waals surface area contributed by atoms with E-state index in [1.165, 1.54) is 4.57 Å². The second-order valence-electron chi connectivity index (χ2n) is 9.24. The van der Waals surface area contributed by atoms with Crippen LogP contribution in [0, 0.1) is 6.92 Å². The average Bonchev–Trinajstić information content (AvgIpc) is 2.84. The van der Waals surface area contributed by atoms with Crippen LogP contribution in [0.4, 0.5) is 5.69 Å². The van der Waals surface area contributed by atoms with Crippen LogP contribution < -0.4 is 16.6 Å². The molecule has 0 aliphatic heterocycles. The van der Waals surface area contributed by atoms with Crippen LogP contribution in [0.3, 0.4) is 0 Å². The summed E-state index contributed by atoms with van der Waals surface area (Å²) in [6.45, 7) is 1.62. The molecule has 1 saturated carbocycles. The summed E-state index contributed by atoms with van der Waals surface area (Å²) in [4.78, 5) is 39.1. The van der Waals surface area contributed by atoms with Crippen molar-refractivity contribution >= 4 is 32.3 Å². The van der Waals surface area contributed by atoms with Crippen molar-refractivity contribution < 1.29 is 13.2 Å². The van der Waals surface area contributed by atoms with Crippen LogP contribution in [0.1, 0.15) is 44.1 Å². The Labute approximate surface area is 204 Å². The molecule has 9 heteroatoms. The first-order valence-corrected chi connectivity index (χ1v) is 13.8. The Bertz CT molecular complexity index is 1450. The van der Waals surface area contributed by atoms with Crippen molar-refractivity contribution in [3.63, 3.8) is 0 Å². The second-order valence-corrected chi connectivity index (χ2v) is 11.6. The first-order valence-electron chi connectivity index (χ1n) is 12.1. The highest BCUT2D eigenvalue weighted by molar-refractivity contribution is 7.92. The lowest BCUT2D eigenvalue weighted by molar-refractivity contribution is -0.116. The molecule has 0 atom stereocenters. The van der Waals surface area contributed by atoms with Crippen molar-refractivity contribution in [3.05, 3.63) is 74.9 Å². The molecule has 0 spiro atoms. The summed E-state index contributed by atoms with van der Waals surface area (Å²) >= 11 is 0. The standard InChI is InChI=1S/C26H31N3O5S/c1-19-9-7-10-20(17-19)27-24(30)18-29-23-14-6-5-13-22(23)25(31)28(26(29)32)15-8-16-35(33,34)21-11-3-2-4-12-21/h5-7,9-10,13-14,17,21H,2-4,8,11-12,15-16,18H2,1H3,(H,27,30). The summed E-state index contributed by atoms with van der Waals surface area (Å²) in [6.07, 6.45) is 4.44. The Balaban J connectivity index is 1.58. The molecule has 0 radical (unpaired) electrons. The zero-order chi connectivity index (χ0) is 25.0. The molecule has 8 nitrogen and oxygen atoms in total. The van der Waals surface area contributed by atoms with E-state index in [1.54, 1.807) is 30.3 Å². The number of para-hydroxylation sites is 1. The lowest BCUT2D eigenvalue weighted by Crippen LogP contribution is -2.42. The van der Waals surface area contributed by atoms with Crippen molar-refractivity contribution in [1.29, 1.82) is 0 Å². The monoisotopic (exact) mass is 497 g/mol. The molecule has 1 N–H and O–H groups in total. The largest absolute Gasteiger partial charge is 0.331 e. The van der Waals surface area contributed by atoms with E-state index in [9.17, 15) is 22.8 Å². The van der Waals surface area contributed by atoms with Gasteiger partial charge in [0.1, 0.15) is 6.54 Å². The van der Waals surface area contributed by atoms with Crippen LogP contribution in [0.2, 0.25) is 0 Å². The molecule has 1 fully saturated rings. The number of amides is 1. The minimum atomic E-state index is -3.28. The molecule has 0 bridgehead atoms. The highest BCUT2D eigenvalue weighted by atomic mass is 32.2. The Morgan fingerprint density at radius 3 is 2.49 bits per heavy atom. The molecule has 1 aromatic heterocycles. The minimum absolute atomic E-state index is 0.0199. The van der Waals surface area contributed by atoms with Gasteiger partial charge in [-0.25, -0.2) is 13.2 Å². The SMILES string of the molecule is Cc1cccc(NC(=O)Cn2c(=O)n(CCCS(=O)(=O)C3CCCCC3)c(=O)c3ccccc32)c1. The van der Waals surface area contributed by atoms with Gasteiger partial charge in [0, 0.05) is 12.2 Å². The van der Waals surface area contributed by atoms with Gasteiger partial charge in [0.25, 0.3) is 5.56 Å². The molecule has 186 valence electrons. The number of aryl methyl sites for hydroxylation is 1. The van der Waals surface area contributed by atoms with Crippen LogP contribution in [-0.2, 0) is 27.7 Å². The summed E-state index contributed by atoms with van der Waals surface area (Å²) in [5.41, 5.74) is 0.878. The maximum atomic E-state index is 13.3. The van der Waals surface area contributed by atoms with E-state index in [-0.39, 0.29) is 30.5 Å². The Morgan fingerprint density at radius 2 is 1.74 bits per heavy atom. The van der Waals surface area contributed by atoms with Gasteiger partial charge < -0.3 is 5.32 Å². The number of carbonyl (C=O) groups excluding carboxylic acids is 1. The van der Waals surface area contributed by atoms with E-state index in [4.69, 9.17) is 0 Å². The molecule has 2 aromatic carbocycles. The third kappa shape index (κ3) is 5.73. The summed E-state index contributed by atoms with van der Waals surface area (Å²) in [5, 5.41) is 2.77. The molecule has 1 heterocycles. The van der Waals surface area contributed by atoms with E-state index in [0.717, 1.165) is 29.4 Å². The number of sulfone groups is 1. The fraction of sp³-hybridized carbons (Fsp3) is 0.423. The number of carbonyl (C=O) groups is 1. The van der Waals surface area contributed by atoms with Gasteiger partial charge >= 0.3 is 5.69 Å². The number of nitrogens with zero attached hydrogens (tertiary/aromatic N) is 2. The molecular weight excluding hydrogens is 466 g/mol. The van der Waals surface area contributed by atoms with Crippen LogP contribution in [-0.4, -0.2) is 34.5 Å². The molecule has 1 aliphatic carbocycles. The van der Waals surface area contributed by atoms with Crippen molar-refractivity contribution in [2.45, 2.75) is 63.8 Å². The van der Waals surface area contributed by atoms with Gasteiger partial charge in [-0.05, 0) is 56.0 Å². The maximum Gasteiger partial charge on any atom is 0.331 e. The third-order valence-corrected chi connectivity index (χ3v) is 8.95. The number of aromatic nitrogens is 2. The molecule has 35 heavy (non-hydrogen) atoms. The zero-order valence-corrected chi connectivity index (χ0v) is 20.7. The molecule has 1 aliphatic rings. The van der Waals surface area contributed by atoms with Crippen molar-refractivity contribution in [2.75, 3.05) is 11.1 Å². The van der Waals surface area contributed by atoms with Crippen LogP contribution >= 0.6 is 0 Å². The second kappa shape index (κ2) is 10.6. The third-order valence-electron chi connectivity index (χ3n) is 6.61. The molecule has 0 unspecified atom stereocenters. The number of nitrogens with one attached hydrogen (secondary N) is 1. The lowest BCUT2D eigenvalue weighted by atomic mass is 10.0. The number of anilines is 1. The molecule has 4 rings (SSSR count). The minimum Gasteiger partial charge on any atom is -0.325 e. The number of benzene rings is 2. The molecule has 0 saturated heterocycles. The van der Waals surface area contributed by atoms with Gasteiger partial charge in [-0.2, -0.15) is 0 Å². The van der Waals surface area contributed by atoms with Gasteiger partial charge in [-0.3, -0.25) is 18.7 Å². The van der Waals surface area contributed by atoms with Gasteiger partial charge in [-0.15, -0.1) is 0 Å². The first kappa shape index (κ1) is 24.9. The first-order chi connectivity index (χ1) is 16.8. The quantitative estimate of drug-likeness (QED) is 0.514. The fourth-order valence-corrected chi connectivity index (χ4v) is 6.72. The van der Waals surface area contributed by atoms with Crippen LogP contribution in [0.15, 0.2) is 58.1 Å². The van der Waals surface area contributed by atoms with Crippen molar-refractivity contribution in [2.24, 2.45) is 0 Å². The van der Waals surface area contributed by atoms with E-state index in [2.05, 4.69) is 5.32 Å². The molecule has 1 amide bonds. The predicted octanol–water partition coefficient (Wildman–Crippen LogP) is 3.25. The lowest BCUT2D eigenvalue weighted by Gasteiger charge is -2.21. The highest BCUT2D eigenvalue weighted by Gasteiger charge is 2.27. The van der Waals surface area contributed by atoms with Gasteiger partial charge in [0.15, 0.2) is 9.84 Å². The van der Waals surface area contributed by atoms with Crippen LogP contribution in [0.5, 0.6) is 0 Å². The van der Waals surface area contributed by atoms with E-state index >= 15 is 0 Å². The van der Waals surface area contributed by atoms with Gasteiger partial charge in [0.05, 0.1) is 21.9 Å². The Hall–Kier alpha value is -3.20. The smallest absolute Gasteiger partial charge is 0.325 e. The average molecular weight is 498 g/mol. The topological polar surface area (TPSA) is 107 Å². The molecular formula is C26H31N3O5S. The normalized spacial score (nSPS) is 14.8. The maximum absolute atomic E-state index is 13.3. The van der Waals surface area contributed by atoms with Crippen molar-refractivity contribution in [1.82, 2.24) is 9.13 Å². The fourth-order valence-electron chi connectivity index (χ4n) is 4.80. The Kier molecular flexibility index (Phi) is 7.54. The van der Waals surface area contributed by atoms with Crippen LogP contribution in [0.25, 0.3) is 10.9 Å². The van der Waals surface area contributed by atoms with E-state index in [0.29, 0.717) is 29.4 Å². The van der Waals surface area contributed by atoms with Gasteiger partial charge in [0.2, 0.25) is 5.91 Å². The summed E-state index contributed by atoms with van der Waals surface area (Å²) in [6, 6.07) is 14.0. The number of hydrogen-bond acceptors (Lipinski definition) is 5. The summed E-state index contributed by atoms with van der Waals surface area (Å²) in [5.74, 6) is -0.461. The zero-order valence-electron chi connectivity index (χ0n) is 19.9. The Morgan fingerprint density at radius 1 is 1.00 bits per heavy atom. The predicted molar refractivity (Wildman–Crippen MR) is 138 cm³/mol. The highest BCUT2D eigenvalue weighted by Crippen LogP contribution is 2.24. The number of fused-ring (bicyclic) bond motifs is 1. The van der Waals surface area contributed by atoms with E-state index in [1.807, 2.05) is 25.1 Å². The number of hydrogen-bond donors (Lipinski definition) is 1.